The summed E-state index contributed by atoms with van der Waals surface area (Å²) in [6.45, 7) is 1.25. The molecule has 0 heterocycles. The molecule has 0 fully saturated rings. The van der Waals surface area contributed by atoms with Crippen LogP contribution < -0.4 is 15.4 Å². The topological polar surface area (TPSA) is 70.7 Å². The van der Waals surface area contributed by atoms with Crippen LogP contribution in [0.5, 0.6) is 5.75 Å². The number of carbonyl (C=O) groups excluding carboxylic acids is 2. The Hall–Kier alpha value is -2.86. The third-order valence-electron chi connectivity index (χ3n) is 3.85. The third-order valence-corrected chi connectivity index (χ3v) is 3.85. The van der Waals surface area contributed by atoms with Crippen LogP contribution in [0.1, 0.15) is 11.6 Å². The quantitative estimate of drug-likeness (QED) is 0.717. The van der Waals surface area contributed by atoms with E-state index >= 15 is 0 Å². The van der Waals surface area contributed by atoms with Crippen LogP contribution in [-0.2, 0) is 9.59 Å². The number of amides is 2. The van der Waals surface area contributed by atoms with E-state index in [-0.39, 0.29) is 18.4 Å². The van der Waals surface area contributed by atoms with Gasteiger partial charge in [0.05, 0.1) is 6.54 Å². The molecule has 2 N–H and O–H groups in total. The van der Waals surface area contributed by atoms with E-state index in [4.69, 9.17) is 4.74 Å². The molecular formula is C20H25N3O3. The highest BCUT2D eigenvalue weighted by atomic mass is 16.5. The number of hydrogen-bond donors (Lipinski definition) is 2. The first kappa shape index (κ1) is 19.5. The van der Waals surface area contributed by atoms with Crippen LogP contribution in [0.3, 0.4) is 0 Å². The Morgan fingerprint density at radius 1 is 1.04 bits per heavy atom. The lowest BCUT2D eigenvalue weighted by Gasteiger charge is -2.21. The molecule has 0 aromatic heterocycles. The second kappa shape index (κ2) is 10.2. The molecule has 0 aliphatic carbocycles. The first-order valence-corrected chi connectivity index (χ1v) is 8.52. The summed E-state index contributed by atoms with van der Waals surface area (Å²) in [5.41, 5.74) is 0.746. The Labute approximate surface area is 154 Å². The van der Waals surface area contributed by atoms with Crippen LogP contribution in [0, 0.1) is 0 Å². The molecule has 2 rings (SSSR count). The normalized spacial score (nSPS) is 11.7. The van der Waals surface area contributed by atoms with E-state index in [0.29, 0.717) is 13.2 Å². The molecule has 1 unspecified atom stereocenters. The number of hydrogen-bond acceptors (Lipinski definition) is 4. The number of benzene rings is 2. The van der Waals surface area contributed by atoms with Gasteiger partial charge in [-0.1, -0.05) is 48.5 Å². The van der Waals surface area contributed by atoms with E-state index in [1.165, 1.54) is 0 Å². The second-order valence-electron chi connectivity index (χ2n) is 5.92. The minimum absolute atomic E-state index is 0.179. The van der Waals surface area contributed by atoms with Crippen molar-refractivity contribution in [3.05, 3.63) is 66.2 Å². The van der Waals surface area contributed by atoms with E-state index < -0.39 is 6.04 Å². The fraction of sp³-hybridized carbons (Fsp3) is 0.300. The molecule has 2 amide bonds. The van der Waals surface area contributed by atoms with Crippen molar-refractivity contribution >= 4 is 11.8 Å². The highest BCUT2D eigenvalue weighted by Crippen LogP contribution is 2.12. The van der Waals surface area contributed by atoms with Gasteiger partial charge < -0.3 is 15.4 Å². The number of nitrogens with one attached hydrogen (secondary N) is 2. The summed E-state index contributed by atoms with van der Waals surface area (Å²) in [5, 5.41) is 5.38. The number of rotatable bonds is 9. The second-order valence-corrected chi connectivity index (χ2v) is 5.92. The number of carbonyl (C=O) groups is 2. The Bertz CT molecular complexity index is 692. The van der Waals surface area contributed by atoms with Crippen molar-refractivity contribution in [2.45, 2.75) is 6.04 Å². The van der Waals surface area contributed by atoms with Crippen LogP contribution in [0.2, 0.25) is 0 Å². The Kier molecular flexibility index (Phi) is 7.64. The van der Waals surface area contributed by atoms with Crippen molar-refractivity contribution in [3.63, 3.8) is 0 Å². The van der Waals surface area contributed by atoms with Crippen molar-refractivity contribution in [2.75, 3.05) is 33.8 Å². The molecule has 6 nitrogen and oxygen atoms in total. The number of para-hydroxylation sites is 1. The molecule has 6 heteroatoms. The van der Waals surface area contributed by atoms with Gasteiger partial charge in [0.2, 0.25) is 11.8 Å². The smallest absolute Gasteiger partial charge is 0.246 e. The summed E-state index contributed by atoms with van der Waals surface area (Å²) in [6.07, 6.45) is 0. The van der Waals surface area contributed by atoms with Gasteiger partial charge in [-0.15, -0.1) is 0 Å². The molecule has 26 heavy (non-hydrogen) atoms. The van der Waals surface area contributed by atoms with E-state index in [1.54, 1.807) is 7.05 Å². The molecule has 2 aromatic rings. The lowest BCUT2D eigenvalue weighted by Crippen LogP contribution is -2.43. The zero-order chi connectivity index (χ0) is 18.8. The maximum absolute atomic E-state index is 12.3. The first-order chi connectivity index (χ1) is 12.6. The Morgan fingerprint density at radius 3 is 2.27 bits per heavy atom. The summed E-state index contributed by atoms with van der Waals surface area (Å²) in [5.74, 6) is 0.332. The minimum atomic E-state index is -0.706. The van der Waals surface area contributed by atoms with Gasteiger partial charge in [0.25, 0.3) is 0 Å². The maximum atomic E-state index is 12.3. The van der Waals surface area contributed by atoms with Crippen LogP contribution in [0.15, 0.2) is 60.7 Å². The minimum Gasteiger partial charge on any atom is -0.492 e. The van der Waals surface area contributed by atoms with Gasteiger partial charge in [-0.05, 0) is 24.7 Å². The van der Waals surface area contributed by atoms with Gasteiger partial charge in [-0.2, -0.15) is 0 Å². The summed E-state index contributed by atoms with van der Waals surface area (Å²) < 4.78 is 5.63. The van der Waals surface area contributed by atoms with E-state index in [0.717, 1.165) is 11.3 Å². The van der Waals surface area contributed by atoms with Gasteiger partial charge in [0.15, 0.2) is 0 Å². The summed E-state index contributed by atoms with van der Waals surface area (Å²) in [7, 11) is 3.39. The molecule has 0 aliphatic rings. The fourth-order valence-electron chi connectivity index (χ4n) is 2.46. The van der Waals surface area contributed by atoms with Crippen LogP contribution in [0.25, 0.3) is 0 Å². The average molecular weight is 355 g/mol. The van der Waals surface area contributed by atoms with Crippen LogP contribution in [0.4, 0.5) is 0 Å². The summed E-state index contributed by atoms with van der Waals surface area (Å²) in [4.78, 5) is 26.3. The molecular weight excluding hydrogens is 330 g/mol. The summed E-state index contributed by atoms with van der Waals surface area (Å²) >= 11 is 0. The Morgan fingerprint density at radius 2 is 1.65 bits per heavy atom. The molecule has 138 valence electrons. The predicted molar refractivity (Wildman–Crippen MR) is 101 cm³/mol. The molecule has 0 saturated carbocycles. The molecule has 0 saturated heterocycles. The SMILES string of the molecule is CNC(=O)C(NC(=O)CN(C)CCOc1ccccc1)c1ccccc1. The Balaban J connectivity index is 1.82. The standard InChI is InChI=1S/C20H25N3O3/c1-21-20(25)19(16-9-5-3-6-10-16)22-18(24)15-23(2)13-14-26-17-11-7-4-8-12-17/h3-12,19H,13-15H2,1-2H3,(H,21,25)(H,22,24). The van der Waals surface area contributed by atoms with Crippen LogP contribution in [-0.4, -0.2) is 50.5 Å². The van der Waals surface area contributed by atoms with E-state index in [1.807, 2.05) is 72.6 Å². The van der Waals surface area contributed by atoms with Crippen molar-refractivity contribution in [3.8, 4) is 5.75 Å². The molecule has 0 radical (unpaired) electrons. The average Bonchev–Trinajstić information content (AvgIpc) is 2.67. The summed E-state index contributed by atoms with van der Waals surface area (Å²) in [6, 6.07) is 18.0. The molecule has 0 aliphatic heterocycles. The van der Waals surface area contributed by atoms with E-state index in [2.05, 4.69) is 10.6 Å². The van der Waals surface area contributed by atoms with Crippen molar-refractivity contribution in [1.82, 2.24) is 15.5 Å². The maximum Gasteiger partial charge on any atom is 0.246 e. The largest absolute Gasteiger partial charge is 0.492 e. The lowest BCUT2D eigenvalue weighted by molar-refractivity contribution is -0.129. The lowest BCUT2D eigenvalue weighted by atomic mass is 10.1. The van der Waals surface area contributed by atoms with Crippen molar-refractivity contribution in [1.29, 1.82) is 0 Å². The van der Waals surface area contributed by atoms with Gasteiger partial charge in [-0.25, -0.2) is 0 Å². The van der Waals surface area contributed by atoms with Gasteiger partial charge >= 0.3 is 0 Å². The van der Waals surface area contributed by atoms with Gasteiger partial charge in [0.1, 0.15) is 18.4 Å². The van der Waals surface area contributed by atoms with Crippen LogP contribution >= 0.6 is 0 Å². The molecule has 0 bridgehead atoms. The zero-order valence-electron chi connectivity index (χ0n) is 15.1. The number of ether oxygens (including phenoxy) is 1. The number of nitrogens with zero attached hydrogens (tertiary/aromatic N) is 1. The number of likely N-dealkylation sites (N-methyl/N-ethyl adjacent to an activating group) is 2. The molecule has 1 atom stereocenters. The fourth-order valence-corrected chi connectivity index (χ4v) is 2.46. The third kappa shape index (κ3) is 6.22. The predicted octanol–water partition coefficient (Wildman–Crippen LogP) is 1.60. The van der Waals surface area contributed by atoms with E-state index in [9.17, 15) is 9.59 Å². The molecule has 0 spiro atoms. The highest BCUT2D eigenvalue weighted by molar-refractivity contribution is 5.89. The van der Waals surface area contributed by atoms with Crippen molar-refractivity contribution < 1.29 is 14.3 Å². The van der Waals surface area contributed by atoms with Gasteiger partial charge in [0, 0.05) is 13.6 Å². The van der Waals surface area contributed by atoms with Gasteiger partial charge in [-0.3, -0.25) is 14.5 Å². The zero-order valence-corrected chi connectivity index (χ0v) is 15.1. The highest BCUT2D eigenvalue weighted by Gasteiger charge is 2.21. The first-order valence-electron chi connectivity index (χ1n) is 8.52. The molecule has 2 aromatic carbocycles. The van der Waals surface area contributed by atoms with Crippen molar-refractivity contribution in [2.24, 2.45) is 0 Å². The monoisotopic (exact) mass is 355 g/mol.